The molecule has 3 rings (SSSR count). The van der Waals surface area contributed by atoms with Crippen molar-refractivity contribution in [3.63, 3.8) is 0 Å². The SMILES string of the molecule is C=C/C=C(\C=C)C(C)NC(=O)Nc1ccc(S(=C)(=O)Cc2cccc(CN3CCCC3)c2)cc1.[HH].[HH]. The normalized spacial score (nSPS) is 16.9. The van der Waals surface area contributed by atoms with Crippen LogP contribution in [0.5, 0.6) is 0 Å². The zero-order valence-corrected chi connectivity index (χ0v) is 20.8. The Balaban J connectivity index is 0.00000324. The van der Waals surface area contributed by atoms with E-state index in [1.165, 1.54) is 18.4 Å². The first kappa shape index (κ1) is 25.5. The molecule has 2 aromatic carbocycles. The Labute approximate surface area is 207 Å². The molecule has 2 unspecified atom stereocenters. The quantitative estimate of drug-likeness (QED) is 0.330. The van der Waals surface area contributed by atoms with E-state index in [1.807, 2.05) is 19.1 Å². The van der Waals surface area contributed by atoms with Gasteiger partial charge in [0.1, 0.15) is 0 Å². The standard InChI is InChI=1S/C28H35N3O2S.2H2/c1-5-10-25(6-2)22(3)29-28(32)30-26-13-15-27(16-14-26)34(4,33)21-24-12-9-11-23(19-24)20-31-17-7-8-18-31;;/h5-6,9-16,19,22H,1-2,4,7-8,17-18,20-21H2,3H3,(H2,29,30,32);2*1H/b25-10+;;. The molecule has 1 saturated heterocycles. The number of hydrogen-bond acceptors (Lipinski definition) is 3. The van der Waals surface area contributed by atoms with Gasteiger partial charge in [-0.25, -0.2) is 4.79 Å². The van der Waals surface area contributed by atoms with Crippen molar-refractivity contribution in [1.29, 1.82) is 0 Å². The monoisotopic (exact) mass is 481 g/mol. The van der Waals surface area contributed by atoms with E-state index in [0.717, 1.165) is 30.8 Å². The lowest BCUT2D eigenvalue weighted by Crippen LogP contribution is -2.36. The number of benzene rings is 2. The lowest BCUT2D eigenvalue weighted by Gasteiger charge is -2.17. The first-order valence-electron chi connectivity index (χ1n) is 11.6. The third kappa shape index (κ3) is 7.20. The van der Waals surface area contributed by atoms with Crippen molar-refractivity contribution >= 4 is 27.1 Å². The molecule has 0 saturated carbocycles. The van der Waals surface area contributed by atoms with Gasteiger partial charge in [0.25, 0.3) is 0 Å². The summed E-state index contributed by atoms with van der Waals surface area (Å²) in [5.41, 5.74) is 3.75. The molecule has 1 aliphatic heterocycles. The topological polar surface area (TPSA) is 61.4 Å². The van der Waals surface area contributed by atoms with Crippen molar-refractivity contribution in [2.24, 2.45) is 0 Å². The second-order valence-corrected chi connectivity index (χ2v) is 11.1. The van der Waals surface area contributed by atoms with Crippen molar-refractivity contribution in [2.75, 3.05) is 18.4 Å². The lowest BCUT2D eigenvalue weighted by atomic mass is 10.1. The molecule has 1 fully saturated rings. The van der Waals surface area contributed by atoms with E-state index in [0.29, 0.717) is 16.3 Å². The third-order valence-electron chi connectivity index (χ3n) is 5.93. The zero-order chi connectivity index (χ0) is 24.6. The predicted molar refractivity (Wildman–Crippen MR) is 149 cm³/mol. The number of likely N-dealkylation sites (tertiary alicyclic amines) is 1. The highest BCUT2D eigenvalue weighted by atomic mass is 32.2. The molecule has 5 nitrogen and oxygen atoms in total. The van der Waals surface area contributed by atoms with Gasteiger partial charge in [-0.3, -0.25) is 9.11 Å². The van der Waals surface area contributed by atoms with Gasteiger partial charge in [0, 0.05) is 35.3 Å². The first-order valence-corrected chi connectivity index (χ1v) is 13.5. The summed E-state index contributed by atoms with van der Waals surface area (Å²) >= 11 is 0. The van der Waals surface area contributed by atoms with Gasteiger partial charge in [0.15, 0.2) is 0 Å². The van der Waals surface area contributed by atoms with Gasteiger partial charge >= 0.3 is 6.03 Å². The molecule has 34 heavy (non-hydrogen) atoms. The Hall–Kier alpha value is -3.09. The number of carbonyl (C=O) groups excluding carboxylic acids is 1. The third-order valence-corrected chi connectivity index (χ3v) is 7.86. The van der Waals surface area contributed by atoms with Crippen molar-refractivity contribution < 1.29 is 11.9 Å². The van der Waals surface area contributed by atoms with Gasteiger partial charge in [0.05, 0.1) is 6.04 Å². The number of urea groups is 1. The Kier molecular flexibility index (Phi) is 8.91. The van der Waals surface area contributed by atoms with Crippen molar-refractivity contribution in [3.8, 4) is 0 Å². The minimum atomic E-state index is -2.51. The van der Waals surface area contributed by atoms with E-state index < -0.39 is 9.52 Å². The van der Waals surface area contributed by atoms with Gasteiger partial charge in [-0.15, -0.1) is 0 Å². The summed E-state index contributed by atoms with van der Waals surface area (Å²) in [6, 6.07) is 14.8. The van der Waals surface area contributed by atoms with Crippen LogP contribution in [-0.4, -0.2) is 40.1 Å². The Morgan fingerprint density at radius 3 is 2.47 bits per heavy atom. The molecule has 0 radical (unpaired) electrons. The van der Waals surface area contributed by atoms with E-state index in [9.17, 15) is 9.00 Å². The van der Waals surface area contributed by atoms with Gasteiger partial charge < -0.3 is 10.6 Å². The van der Waals surface area contributed by atoms with Gasteiger partial charge in [-0.05, 0) is 79.7 Å². The average Bonchev–Trinajstić information content (AvgIpc) is 3.30. The molecule has 6 heteroatoms. The summed E-state index contributed by atoms with van der Waals surface area (Å²) in [7, 11) is -2.51. The molecule has 0 spiro atoms. The second kappa shape index (κ2) is 11.9. The van der Waals surface area contributed by atoms with E-state index in [2.05, 4.69) is 46.7 Å². The molecule has 0 bridgehead atoms. The molecule has 0 aromatic heterocycles. The van der Waals surface area contributed by atoms with Crippen LogP contribution in [0.3, 0.4) is 0 Å². The summed E-state index contributed by atoms with van der Waals surface area (Å²) in [5.74, 6) is 4.42. The van der Waals surface area contributed by atoms with Crippen LogP contribution in [0.4, 0.5) is 10.5 Å². The minimum absolute atomic E-state index is 0. The van der Waals surface area contributed by atoms with Crippen molar-refractivity contribution in [3.05, 3.63) is 96.6 Å². The highest BCUT2D eigenvalue weighted by molar-refractivity contribution is 7.99. The van der Waals surface area contributed by atoms with Gasteiger partial charge in [-0.2, -0.15) is 0 Å². The molecular formula is C28H39N3O2S. The van der Waals surface area contributed by atoms with Crippen LogP contribution in [0.2, 0.25) is 0 Å². The molecule has 1 aliphatic rings. The molecular weight excluding hydrogens is 442 g/mol. The van der Waals surface area contributed by atoms with E-state index in [1.54, 1.807) is 42.5 Å². The van der Waals surface area contributed by atoms with Crippen LogP contribution in [0.1, 0.15) is 33.7 Å². The number of anilines is 1. The van der Waals surface area contributed by atoms with E-state index in [-0.39, 0.29) is 14.9 Å². The Morgan fingerprint density at radius 2 is 1.82 bits per heavy atom. The number of carbonyl (C=O) groups is 1. The predicted octanol–water partition coefficient (Wildman–Crippen LogP) is 5.86. The number of nitrogens with zero attached hydrogens (tertiary/aromatic N) is 1. The molecule has 2 amide bonds. The maximum atomic E-state index is 13.4. The highest BCUT2D eigenvalue weighted by Crippen LogP contribution is 2.21. The van der Waals surface area contributed by atoms with Crippen LogP contribution >= 0.6 is 0 Å². The Morgan fingerprint density at radius 1 is 1.15 bits per heavy atom. The smallest absolute Gasteiger partial charge is 0.319 e. The zero-order valence-electron chi connectivity index (χ0n) is 20.0. The maximum absolute atomic E-state index is 13.4. The fraction of sp³-hybridized carbons (Fsp3) is 0.286. The number of rotatable bonds is 10. The van der Waals surface area contributed by atoms with Gasteiger partial charge in [0.2, 0.25) is 0 Å². The molecule has 2 atom stereocenters. The van der Waals surface area contributed by atoms with Crippen LogP contribution < -0.4 is 10.6 Å². The second-order valence-electron chi connectivity index (χ2n) is 8.71. The van der Waals surface area contributed by atoms with Crippen molar-refractivity contribution in [2.45, 2.75) is 43.0 Å². The summed E-state index contributed by atoms with van der Waals surface area (Å²) in [5, 5.41) is 5.67. The van der Waals surface area contributed by atoms with E-state index >= 15 is 0 Å². The van der Waals surface area contributed by atoms with Crippen molar-refractivity contribution in [1.82, 2.24) is 10.2 Å². The van der Waals surface area contributed by atoms with E-state index in [4.69, 9.17) is 0 Å². The van der Waals surface area contributed by atoms with Crippen LogP contribution in [0, 0.1) is 0 Å². The Bertz CT molecular complexity index is 1160. The first-order chi connectivity index (χ1) is 16.3. The highest BCUT2D eigenvalue weighted by Gasteiger charge is 2.14. The van der Waals surface area contributed by atoms with Crippen LogP contribution in [0.15, 0.2) is 90.4 Å². The molecule has 1 heterocycles. The molecule has 2 N–H and O–H groups in total. The minimum Gasteiger partial charge on any atom is -0.331 e. The number of allylic oxidation sites excluding steroid dienone is 2. The summed E-state index contributed by atoms with van der Waals surface area (Å²) < 4.78 is 13.4. The summed E-state index contributed by atoms with van der Waals surface area (Å²) in [6.07, 6.45) is 7.68. The largest absolute Gasteiger partial charge is 0.331 e. The fourth-order valence-corrected chi connectivity index (χ4v) is 5.64. The number of hydrogen-bond donors (Lipinski definition) is 2. The molecule has 0 aliphatic carbocycles. The lowest BCUT2D eigenvalue weighted by molar-refractivity contribution is 0.250. The number of nitrogens with one attached hydrogen (secondary N) is 2. The molecule has 2 aromatic rings. The average molecular weight is 482 g/mol. The van der Waals surface area contributed by atoms with Crippen LogP contribution in [-0.2, 0) is 21.8 Å². The fourth-order valence-electron chi connectivity index (χ4n) is 4.13. The maximum Gasteiger partial charge on any atom is 0.319 e. The summed E-state index contributed by atoms with van der Waals surface area (Å²) in [4.78, 5) is 15.5. The summed E-state index contributed by atoms with van der Waals surface area (Å²) in [6.45, 7) is 12.5. The molecule has 184 valence electrons. The number of amides is 2. The van der Waals surface area contributed by atoms with Crippen LogP contribution in [0.25, 0.3) is 0 Å². The van der Waals surface area contributed by atoms with Gasteiger partial charge in [-0.1, -0.05) is 55.7 Å².